The second kappa shape index (κ2) is 11.0. The molecule has 0 saturated heterocycles. The van der Waals surface area contributed by atoms with E-state index >= 15 is 0 Å². The lowest BCUT2D eigenvalue weighted by Gasteiger charge is -2.25. The minimum atomic E-state index is -0.926. The van der Waals surface area contributed by atoms with Gasteiger partial charge in [0.2, 0.25) is 5.91 Å². The van der Waals surface area contributed by atoms with E-state index in [4.69, 9.17) is 9.47 Å². The Bertz CT molecular complexity index is 949. The topological polar surface area (TPSA) is 93.7 Å². The lowest BCUT2D eigenvalue weighted by atomic mass is 10.00. The predicted molar refractivity (Wildman–Crippen MR) is 124 cm³/mol. The van der Waals surface area contributed by atoms with E-state index in [1.807, 2.05) is 56.3 Å². The lowest BCUT2D eigenvalue weighted by molar-refractivity contribution is -0.145. The molecule has 0 aliphatic heterocycles. The highest BCUT2D eigenvalue weighted by Gasteiger charge is 2.29. The number of ether oxygens (including phenoxy) is 2. The maximum atomic E-state index is 13.1. The summed E-state index contributed by atoms with van der Waals surface area (Å²) in [5, 5.41) is 7.52. The maximum Gasteiger partial charge on any atom is 0.408 e. The van der Waals surface area contributed by atoms with Crippen molar-refractivity contribution in [2.45, 2.75) is 65.1 Å². The Labute approximate surface area is 189 Å². The zero-order valence-electron chi connectivity index (χ0n) is 19.7. The lowest BCUT2D eigenvalue weighted by Crippen LogP contribution is -2.53. The molecule has 0 fully saturated rings. The number of methoxy groups -OCH3 is 1. The summed E-state index contributed by atoms with van der Waals surface area (Å²) in [6, 6.07) is 12.1. The Morgan fingerprint density at radius 3 is 2.19 bits per heavy atom. The molecule has 0 unspecified atom stereocenters. The first-order valence-corrected chi connectivity index (χ1v) is 10.8. The van der Waals surface area contributed by atoms with Crippen LogP contribution in [0.25, 0.3) is 10.8 Å². The summed E-state index contributed by atoms with van der Waals surface area (Å²) >= 11 is 0. The van der Waals surface area contributed by atoms with Gasteiger partial charge in [-0.05, 0) is 49.4 Å². The average molecular weight is 443 g/mol. The third-order valence-electron chi connectivity index (χ3n) is 4.77. The van der Waals surface area contributed by atoms with Crippen LogP contribution >= 0.6 is 0 Å². The van der Waals surface area contributed by atoms with Gasteiger partial charge in [0.15, 0.2) is 0 Å². The van der Waals surface area contributed by atoms with Gasteiger partial charge in [0.25, 0.3) is 0 Å². The highest BCUT2D eigenvalue weighted by molar-refractivity contribution is 5.90. The van der Waals surface area contributed by atoms with Crippen LogP contribution in [0.4, 0.5) is 4.79 Å². The first-order chi connectivity index (χ1) is 15.0. The molecule has 2 amide bonds. The Kier molecular flexibility index (Phi) is 8.63. The number of amides is 2. The monoisotopic (exact) mass is 442 g/mol. The van der Waals surface area contributed by atoms with Crippen molar-refractivity contribution < 1.29 is 23.9 Å². The fourth-order valence-electron chi connectivity index (χ4n) is 3.36. The number of hydrogen-bond acceptors (Lipinski definition) is 5. The van der Waals surface area contributed by atoms with E-state index < -0.39 is 35.7 Å². The van der Waals surface area contributed by atoms with E-state index in [9.17, 15) is 14.4 Å². The van der Waals surface area contributed by atoms with E-state index in [1.165, 1.54) is 7.11 Å². The van der Waals surface area contributed by atoms with Crippen molar-refractivity contribution in [3.05, 3.63) is 48.0 Å². The van der Waals surface area contributed by atoms with Crippen molar-refractivity contribution in [3.63, 3.8) is 0 Å². The Hall–Kier alpha value is -3.09. The standard InChI is InChI=1S/C25H34N2O5/c1-16(2)13-21(23(29)31-6)26-22(28)20(27-24(30)32-25(3,4)5)15-17-11-12-18-9-7-8-10-19(18)14-17/h7-12,14,16,20-21H,13,15H2,1-6H3,(H,26,28)(H,27,30)/t20-,21-/m0/s1. The van der Waals surface area contributed by atoms with Crippen LogP contribution in [-0.2, 0) is 25.5 Å². The van der Waals surface area contributed by atoms with Gasteiger partial charge < -0.3 is 20.1 Å². The zero-order chi connectivity index (χ0) is 23.9. The van der Waals surface area contributed by atoms with Crippen molar-refractivity contribution in [2.24, 2.45) is 5.92 Å². The van der Waals surface area contributed by atoms with Crippen molar-refractivity contribution in [2.75, 3.05) is 7.11 Å². The molecule has 2 atom stereocenters. The van der Waals surface area contributed by atoms with E-state index in [0.717, 1.165) is 16.3 Å². The highest BCUT2D eigenvalue weighted by atomic mass is 16.6. The summed E-state index contributed by atoms with van der Waals surface area (Å²) < 4.78 is 10.2. The van der Waals surface area contributed by atoms with Gasteiger partial charge in [0.1, 0.15) is 17.7 Å². The van der Waals surface area contributed by atoms with Gasteiger partial charge in [0, 0.05) is 6.42 Å². The molecule has 2 aromatic carbocycles. The molecule has 0 aliphatic carbocycles. The molecular formula is C25H34N2O5. The quantitative estimate of drug-likeness (QED) is 0.603. The van der Waals surface area contributed by atoms with Gasteiger partial charge in [0.05, 0.1) is 7.11 Å². The number of hydrogen-bond donors (Lipinski definition) is 2. The summed E-state index contributed by atoms with van der Waals surface area (Å²) in [6.07, 6.45) is -0.0316. The molecule has 0 spiro atoms. The van der Waals surface area contributed by atoms with Crippen molar-refractivity contribution in [1.82, 2.24) is 10.6 Å². The smallest absolute Gasteiger partial charge is 0.408 e. The van der Waals surface area contributed by atoms with Crippen LogP contribution < -0.4 is 10.6 Å². The third-order valence-corrected chi connectivity index (χ3v) is 4.77. The van der Waals surface area contributed by atoms with Crippen LogP contribution in [0.2, 0.25) is 0 Å². The molecule has 7 heteroatoms. The van der Waals surface area contributed by atoms with Crippen LogP contribution in [0.3, 0.4) is 0 Å². The number of nitrogens with one attached hydrogen (secondary N) is 2. The van der Waals surface area contributed by atoms with Gasteiger partial charge >= 0.3 is 12.1 Å². The average Bonchev–Trinajstić information content (AvgIpc) is 2.70. The molecule has 7 nitrogen and oxygen atoms in total. The van der Waals surface area contributed by atoms with E-state index in [0.29, 0.717) is 6.42 Å². The molecule has 174 valence electrons. The summed E-state index contributed by atoms with van der Waals surface area (Å²) in [5.74, 6) is -0.828. The summed E-state index contributed by atoms with van der Waals surface area (Å²) in [4.78, 5) is 37.7. The third kappa shape index (κ3) is 7.87. The molecule has 0 heterocycles. The molecule has 0 aromatic heterocycles. The van der Waals surface area contributed by atoms with Gasteiger partial charge in [-0.15, -0.1) is 0 Å². The fourth-order valence-corrected chi connectivity index (χ4v) is 3.36. The largest absolute Gasteiger partial charge is 0.467 e. The molecular weight excluding hydrogens is 408 g/mol. The molecule has 0 bridgehead atoms. The molecule has 0 aliphatic rings. The van der Waals surface area contributed by atoms with Crippen LogP contribution in [0.15, 0.2) is 42.5 Å². The Balaban J connectivity index is 2.25. The van der Waals surface area contributed by atoms with Gasteiger partial charge in [-0.3, -0.25) is 4.79 Å². The Morgan fingerprint density at radius 1 is 0.938 bits per heavy atom. The van der Waals surface area contributed by atoms with E-state index in [1.54, 1.807) is 20.8 Å². The minimum absolute atomic E-state index is 0.164. The zero-order valence-corrected chi connectivity index (χ0v) is 19.7. The summed E-state index contributed by atoms with van der Waals surface area (Å²) in [5.41, 5.74) is 0.165. The first kappa shape index (κ1) is 25.2. The van der Waals surface area contributed by atoms with Crippen LogP contribution in [0, 0.1) is 5.92 Å². The summed E-state index contributed by atoms with van der Waals surface area (Å²) in [7, 11) is 1.29. The molecule has 32 heavy (non-hydrogen) atoms. The molecule has 2 rings (SSSR count). The van der Waals surface area contributed by atoms with Crippen LogP contribution in [-0.4, -0.2) is 42.8 Å². The molecule has 2 aromatic rings. The number of carbonyl (C=O) groups is 3. The molecule has 0 radical (unpaired) electrons. The highest BCUT2D eigenvalue weighted by Crippen LogP contribution is 2.17. The Morgan fingerprint density at radius 2 is 1.59 bits per heavy atom. The van der Waals surface area contributed by atoms with Crippen LogP contribution in [0.5, 0.6) is 0 Å². The first-order valence-electron chi connectivity index (χ1n) is 10.8. The number of esters is 1. The van der Waals surface area contributed by atoms with Gasteiger partial charge in [-0.1, -0.05) is 56.3 Å². The van der Waals surface area contributed by atoms with Crippen molar-refractivity contribution in [3.8, 4) is 0 Å². The number of rotatable bonds is 8. The van der Waals surface area contributed by atoms with Crippen molar-refractivity contribution in [1.29, 1.82) is 0 Å². The molecule has 2 N–H and O–H groups in total. The van der Waals surface area contributed by atoms with Crippen LogP contribution in [0.1, 0.15) is 46.6 Å². The SMILES string of the molecule is COC(=O)[C@H](CC(C)C)NC(=O)[C@H](Cc1ccc2ccccc2c1)NC(=O)OC(C)(C)C. The maximum absolute atomic E-state index is 13.1. The summed E-state index contributed by atoms with van der Waals surface area (Å²) in [6.45, 7) is 9.16. The van der Waals surface area contributed by atoms with Crippen molar-refractivity contribution >= 4 is 28.7 Å². The molecule has 0 saturated carbocycles. The van der Waals surface area contributed by atoms with E-state index in [2.05, 4.69) is 10.6 Å². The second-order valence-electron chi connectivity index (χ2n) is 9.30. The predicted octanol–water partition coefficient (Wildman–Crippen LogP) is 3.98. The number of benzene rings is 2. The number of fused-ring (bicyclic) bond motifs is 1. The minimum Gasteiger partial charge on any atom is -0.467 e. The number of carbonyl (C=O) groups excluding carboxylic acids is 3. The second-order valence-corrected chi connectivity index (χ2v) is 9.30. The normalized spacial score (nSPS) is 13.3. The van der Waals surface area contributed by atoms with Gasteiger partial charge in [-0.2, -0.15) is 0 Å². The van der Waals surface area contributed by atoms with Gasteiger partial charge in [-0.25, -0.2) is 9.59 Å². The fraction of sp³-hybridized carbons (Fsp3) is 0.480. The number of alkyl carbamates (subject to hydrolysis) is 1. The van der Waals surface area contributed by atoms with E-state index in [-0.39, 0.29) is 12.3 Å².